The second-order valence-electron chi connectivity index (χ2n) is 6.47. The van der Waals surface area contributed by atoms with Crippen molar-refractivity contribution in [3.05, 3.63) is 47.0 Å². The van der Waals surface area contributed by atoms with Crippen LogP contribution < -0.4 is 4.90 Å². The number of Topliss-reactive ketones (excluding diaryl/α,β-unsaturated/α-hetero) is 1. The fourth-order valence-corrected chi connectivity index (χ4v) is 4.00. The van der Waals surface area contributed by atoms with Gasteiger partial charge in [-0.1, -0.05) is 35.6 Å². The molecule has 146 valence electrons. The van der Waals surface area contributed by atoms with E-state index in [2.05, 4.69) is 20.1 Å². The third kappa shape index (κ3) is 3.96. The van der Waals surface area contributed by atoms with Crippen LogP contribution in [0.3, 0.4) is 0 Å². The normalized spacial score (nSPS) is 14.4. The van der Waals surface area contributed by atoms with Crippen molar-refractivity contribution >= 4 is 22.3 Å². The molecule has 1 aliphatic rings. The van der Waals surface area contributed by atoms with E-state index in [-0.39, 0.29) is 5.78 Å². The number of aryl methyl sites for hydroxylation is 1. The van der Waals surface area contributed by atoms with Crippen LogP contribution >= 0.6 is 11.3 Å². The lowest BCUT2D eigenvalue weighted by Crippen LogP contribution is -2.36. The lowest BCUT2D eigenvalue weighted by molar-refractivity contribution is 0.0903. The topological polar surface area (TPSA) is 102 Å². The van der Waals surface area contributed by atoms with Crippen molar-refractivity contribution in [1.29, 1.82) is 0 Å². The zero-order valence-electron chi connectivity index (χ0n) is 15.4. The number of ketones is 1. The van der Waals surface area contributed by atoms with Gasteiger partial charge >= 0.3 is 0 Å². The van der Waals surface area contributed by atoms with E-state index < -0.39 is 6.61 Å². The van der Waals surface area contributed by atoms with Crippen molar-refractivity contribution in [2.24, 2.45) is 0 Å². The van der Waals surface area contributed by atoms with Crippen LogP contribution in [0.25, 0.3) is 10.8 Å². The molecule has 4 rings (SSSR count). The number of anilines is 1. The number of aromatic nitrogens is 3. The molecule has 0 amide bonds. The predicted molar refractivity (Wildman–Crippen MR) is 104 cm³/mol. The predicted octanol–water partition coefficient (Wildman–Crippen LogP) is 2.10. The number of aliphatic hydroxyl groups is 1. The highest BCUT2D eigenvalue weighted by atomic mass is 32.1. The number of ether oxygens (including phenoxy) is 1. The first-order valence-corrected chi connectivity index (χ1v) is 9.81. The van der Waals surface area contributed by atoms with E-state index in [1.165, 1.54) is 0 Å². The average molecular weight is 400 g/mol. The highest BCUT2D eigenvalue weighted by Gasteiger charge is 2.21. The third-order valence-corrected chi connectivity index (χ3v) is 5.71. The van der Waals surface area contributed by atoms with Crippen molar-refractivity contribution in [1.82, 2.24) is 15.2 Å². The molecule has 0 unspecified atom stereocenters. The number of rotatable bonds is 6. The van der Waals surface area contributed by atoms with Crippen LogP contribution in [0.4, 0.5) is 5.13 Å². The minimum Gasteiger partial charge on any atom is -0.419 e. The summed E-state index contributed by atoms with van der Waals surface area (Å²) in [5, 5.41) is 18.2. The van der Waals surface area contributed by atoms with Gasteiger partial charge in [-0.3, -0.25) is 4.79 Å². The molecule has 0 aliphatic carbocycles. The molecular weight excluding hydrogens is 380 g/mol. The SMILES string of the molecule is Cc1nc(N2CCOCC2)sc1-c1nnc(Cc2ccc(C(=O)CO)cc2)o1. The number of morpholine rings is 1. The summed E-state index contributed by atoms with van der Waals surface area (Å²) in [7, 11) is 0. The Labute approximate surface area is 165 Å². The van der Waals surface area contributed by atoms with E-state index in [1.54, 1.807) is 23.5 Å². The Bertz CT molecular complexity index is 961. The van der Waals surface area contributed by atoms with Gasteiger partial charge in [0.25, 0.3) is 5.89 Å². The van der Waals surface area contributed by atoms with Crippen LogP contribution in [0.15, 0.2) is 28.7 Å². The van der Waals surface area contributed by atoms with E-state index in [4.69, 9.17) is 14.3 Å². The molecule has 9 heteroatoms. The number of benzene rings is 1. The molecule has 1 fully saturated rings. The molecule has 1 saturated heterocycles. The molecule has 0 bridgehead atoms. The molecular formula is C19H20N4O4S. The van der Waals surface area contributed by atoms with Gasteiger partial charge in [-0.15, -0.1) is 10.2 Å². The lowest BCUT2D eigenvalue weighted by atomic mass is 10.1. The number of carbonyl (C=O) groups is 1. The molecule has 0 saturated carbocycles. The van der Waals surface area contributed by atoms with E-state index in [9.17, 15) is 4.79 Å². The summed E-state index contributed by atoms with van der Waals surface area (Å²) in [4.78, 5) is 19.2. The molecule has 8 nitrogen and oxygen atoms in total. The maximum atomic E-state index is 11.5. The number of thiazole rings is 1. The Kier molecular flexibility index (Phi) is 5.47. The molecule has 0 spiro atoms. The summed E-state index contributed by atoms with van der Waals surface area (Å²) in [6, 6.07) is 7.02. The lowest BCUT2D eigenvalue weighted by Gasteiger charge is -2.25. The molecule has 1 aromatic carbocycles. The van der Waals surface area contributed by atoms with E-state index in [1.807, 2.05) is 19.1 Å². The van der Waals surface area contributed by atoms with E-state index >= 15 is 0 Å². The molecule has 1 aliphatic heterocycles. The number of aliphatic hydroxyl groups excluding tert-OH is 1. The van der Waals surface area contributed by atoms with Crippen molar-refractivity contribution in [2.75, 3.05) is 37.8 Å². The van der Waals surface area contributed by atoms with Gasteiger partial charge in [0.2, 0.25) is 5.89 Å². The van der Waals surface area contributed by atoms with Gasteiger partial charge in [0.05, 0.1) is 25.3 Å². The largest absolute Gasteiger partial charge is 0.419 e. The van der Waals surface area contributed by atoms with Crippen LogP contribution in [0.2, 0.25) is 0 Å². The molecule has 2 aromatic heterocycles. The van der Waals surface area contributed by atoms with Crippen molar-refractivity contribution < 1.29 is 19.1 Å². The second kappa shape index (κ2) is 8.17. The summed E-state index contributed by atoms with van der Waals surface area (Å²) < 4.78 is 11.2. The Morgan fingerprint density at radius 1 is 1.21 bits per heavy atom. The van der Waals surface area contributed by atoms with Crippen molar-refractivity contribution in [2.45, 2.75) is 13.3 Å². The van der Waals surface area contributed by atoms with E-state index in [0.29, 0.717) is 37.0 Å². The second-order valence-corrected chi connectivity index (χ2v) is 7.44. The minimum atomic E-state index is -0.493. The van der Waals surface area contributed by atoms with Gasteiger partial charge in [0.15, 0.2) is 10.9 Å². The first-order chi connectivity index (χ1) is 13.6. The van der Waals surface area contributed by atoms with Gasteiger partial charge < -0.3 is 19.2 Å². The van der Waals surface area contributed by atoms with Crippen molar-refractivity contribution in [3.63, 3.8) is 0 Å². The van der Waals surface area contributed by atoms with Gasteiger partial charge in [0, 0.05) is 18.7 Å². The highest BCUT2D eigenvalue weighted by Crippen LogP contribution is 2.34. The maximum absolute atomic E-state index is 11.5. The van der Waals surface area contributed by atoms with Gasteiger partial charge in [-0.2, -0.15) is 0 Å². The summed E-state index contributed by atoms with van der Waals surface area (Å²) in [5.74, 6) is 0.664. The van der Waals surface area contributed by atoms with E-state index in [0.717, 1.165) is 34.4 Å². The fraction of sp³-hybridized carbons (Fsp3) is 0.368. The smallest absolute Gasteiger partial charge is 0.259 e. The van der Waals surface area contributed by atoms with Gasteiger partial charge in [-0.25, -0.2) is 4.98 Å². The first kappa shape index (κ1) is 18.7. The van der Waals surface area contributed by atoms with Crippen molar-refractivity contribution in [3.8, 4) is 10.8 Å². The quantitative estimate of drug-likeness (QED) is 0.628. The first-order valence-electron chi connectivity index (χ1n) is 9.00. The number of hydrogen-bond donors (Lipinski definition) is 1. The highest BCUT2D eigenvalue weighted by molar-refractivity contribution is 7.19. The zero-order chi connectivity index (χ0) is 19.5. The Morgan fingerprint density at radius 3 is 2.68 bits per heavy atom. The zero-order valence-corrected chi connectivity index (χ0v) is 16.2. The van der Waals surface area contributed by atoms with Crippen LogP contribution in [-0.2, 0) is 11.2 Å². The summed E-state index contributed by atoms with van der Waals surface area (Å²) in [6.45, 7) is 4.53. The average Bonchev–Trinajstić information content (AvgIpc) is 3.35. The minimum absolute atomic E-state index is 0.302. The van der Waals surface area contributed by atoms with Gasteiger partial charge in [-0.05, 0) is 12.5 Å². The van der Waals surface area contributed by atoms with Crippen LogP contribution in [0, 0.1) is 6.92 Å². The number of nitrogens with zero attached hydrogens (tertiary/aromatic N) is 4. The number of hydrogen-bond acceptors (Lipinski definition) is 9. The summed E-state index contributed by atoms with van der Waals surface area (Å²) >= 11 is 1.55. The number of carbonyl (C=O) groups excluding carboxylic acids is 1. The molecule has 1 N–H and O–H groups in total. The Morgan fingerprint density at radius 2 is 1.96 bits per heavy atom. The van der Waals surface area contributed by atoms with Crippen LogP contribution in [0.5, 0.6) is 0 Å². The molecule has 3 heterocycles. The van der Waals surface area contributed by atoms with Crippen LogP contribution in [0.1, 0.15) is 27.5 Å². The summed E-state index contributed by atoms with van der Waals surface area (Å²) in [5.41, 5.74) is 2.29. The molecule has 0 radical (unpaired) electrons. The fourth-order valence-electron chi connectivity index (χ4n) is 2.96. The molecule has 3 aromatic rings. The van der Waals surface area contributed by atoms with Crippen LogP contribution in [-0.4, -0.2) is 59.0 Å². The monoisotopic (exact) mass is 400 g/mol. The van der Waals surface area contributed by atoms with Gasteiger partial charge in [0.1, 0.15) is 11.5 Å². The molecule has 0 atom stereocenters. The molecule has 28 heavy (non-hydrogen) atoms. The summed E-state index contributed by atoms with van der Waals surface area (Å²) in [6.07, 6.45) is 0.467. The third-order valence-electron chi connectivity index (χ3n) is 4.50. The maximum Gasteiger partial charge on any atom is 0.259 e. The Hall–Kier alpha value is -2.62. The Balaban J connectivity index is 1.48. The standard InChI is InChI=1S/C19H20N4O4S/c1-12-17(28-19(20-12)23-6-8-26-9-7-23)18-22-21-16(27-18)10-13-2-4-14(5-3-13)15(25)11-24/h2-5,24H,6-11H2,1H3.